The summed E-state index contributed by atoms with van der Waals surface area (Å²) in [5.74, 6) is -1.57. The van der Waals surface area contributed by atoms with Gasteiger partial charge in [-0.3, -0.25) is 24.4 Å². The van der Waals surface area contributed by atoms with Gasteiger partial charge in [-0.25, -0.2) is 18.5 Å². The topological polar surface area (TPSA) is 243 Å². The van der Waals surface area contributed by atoms with E-state index >= 15 is 0 Å². The van der Waals surface area contributed by atoms with Crippen LogP contribution in [0.4, 0.5) is 11.4 Å². The number of pyridine rings is 1. The molecule has 3 amide bonds. The molecule has 0 saturated carbocycles. The molecule has 22 heteroatoms. The number of benzene rings is 2. The first-order valence-electron chi connectivity index (χ1n) is 16.9. The summed E-state index contributed by atoms with van der Waals surface area (Å²) >= 11 is 0. The summed E-state index contributed by atoms with van der Waals surface area (Å²) in [5.41, 5.74) is 0.723. The SMILES string of the molecule is CN1C(=O)C(C)(C)C(=O)[N+](C)(OP(=O)(O)OP(=O)(O)OP(=O)(O)O)c2ccc(OCCCN(CCN3CCc4ccccc4C3=O)Cc3ccncc3)cc21. The third kappa shape index (κ3) is 10.2. The first kappa shape index (κ1) is 42.5. The van der Waals surface area contributed by atoms with Crippen molar-refractivity contribution in [2.75, 3.05) is 51.8 Å². The third-order valence-electron chi connectivity index (χ3n) is 9.13. The maximum absolute atomic E-state index is 13.9. The summed E-state index contributed by atoms with van der Waals surface area (Å²) in [7, 11) is -15.1. The molecule has 298 valence electrons. The van der Waals surface area contributed by atoms with E-state index in [0.29, 0.717) is 39.1 Å². The molecule has 55 heavy (non-hydrogen) atoms. The minimum atomic E-state index is -5.93. The van der Waals surface area contributed by atoms with Crippen molar-refractivity contribution >= 4 is 52.6 Å². The lowest BCUT2D eigenvalue weighted by molar-refractivity contribution is -0.165. The molecule has 19 nitrogen and oxygen atoms in total. The molecular weight excluding hydrogens is 783 g/mol. The van der Waals surface area contributed by atoms with Gasteiger partial charge < -0.3 is 29.2 Å². The Hall–Kier alpha value is -3.67. The number of ether oxygens (including phenoxy) is 1. The van der Waals surface area contributed by atoms with Gasteiger partial charge in [0.15, 0.2) is 11.1 Å². The van der Waals surface area contributed by atoms with Crippen LogP contribution in [0.5, 0.6) is 5.75 Å². The van der Waals surface area contributed by atoms with Gasteiger partial charge in [0.2, 0.25) is 5.91 Å². The summed E-state index contributed by atoms with van der Waals surface area (Å²) in [4.78, 5) is 87.8. The molecule has 0 saturated heterocycles. The van der Waals surface area contributed by atoms with E-state index in [9.17, 15) is 37.9 Å². The van der Waals surface area contributed by atoms with Crippen LogP contribution in [0.2, 0.25) is 0 Å². The molecule has 0 spiro atoms. The zero-order valence-electron chi connectivity index (χ0n) is 30.5. The Labute approximate surface area is 317 Å². The Kier molecular flexibility index (Phi) is 12.7. The summed E-state index contributed by atoms with van der Waals surface area (Å²) in [6.45, 7) is 5.62. The highest BCUT2D eigenvalue weighted by molar-refractivity contribution is 7.66. The second kappa shape index (κ2) is 16.4. The first-order valence-corrected chi connectivity index (χ1v) is 21.4. The number of hydroxylamine groups is 2. The van der Waals surface area contributed by atoms with E-state index in [-0.39, 0.29) is 29.6 Å². The number of aromatic nitrogens is 1. The van der Waals surface area contributed by atoms with Crippen LogP contribution >= 0.6 is 23.5 Å². The fourth-order valence-corrected chi connectivity index (χ4v) is 9.71. The van der Waals surface area contributed by atoms with Crippen LogP contribution in [-0.2, 0) is 49.5 Å². The van der Waals surface area contributed by atoms with Crippen LogP contribution < -0.4 is 14.3 Å². The Morgan fingerprint density at radius 1 is 0.927 bits per heavy atom. The smallest absolute Gasteiger partial charge is 0.493 e. The molecular formula is C33H43N5O14P3+. The largest absolute Gasteiger partial charge is 0.528 e. The monoisotopic (exact) mass is 826 g/mol. The molecule has 0 radical (unpaired) electrons. The number of hydrogen-bond donors (Lipinski definition) is 4. The van der Waals surface area contributed by atoms with Gasteiger partial charge in [0, 0.05) is 69.9 Å². The van der Waals surface area contributed by atoms with E-state index in [1.54, 1.807) is 12.4 Å². The molecule has 5 rings (SSSR count). The molecule has 0 fully saturated rings. The highest BCUT2D eigenvalue weighted by atomic mass is 31.3. The second-order valence-corrected chi connectivity index (χ2v) is 17.9. The van der Waals surface area contributed by atoms with E-state index in [4.69, 9.17) is 19.1 Å². The van der Waals surface area contributed by atoms with Gasteiger partial charge in [-0.15, -0.1) is 0 Å². The Bertz CT molecular complexity index is 2080. The molecule has 2 aliphatic heterocycles. The van der Waals surface area contributed by atoms with Crippen LogP contribution in [0.3, 0.4) is 0 Å². The number of carbonyl (C=O) groups excluding carboxylic acids is 3. The average molecular weight is 827 g/mol. The number of nitrogens with zero attached hydrogens (tertiary/aromatic N) is 5. The lowest BCUT2D eigenvalue weighted by Crippen LogP contribution is -2.57. The number of rotatable bonds is 16. The van der Waals surface area contributed by atoms with Gasteiger partial charge in [-0.05, 0) is 62.1 Å². The standard InChI is InChI=1S/C33H42N5O14P3/c1-33(2)31(40)35(3)28-22-26(10-11-29(28)38(4,32(33)41)50-54(45,46)52-55(47,48)51-53(42,43)44)49-21-7-17-36(23-24-12-15-34-16-13-24)19-20-37-18-14-25-8-5-6-9-27(25)30(37)39/h5-6,8-13,15-16,22H,7,14,17-21,23H2,1-4H3,(H3-,42,43,44,45,46,47,48)/p+1. The Morgan fingerprint density at radius 2 is 1.62 bits per heavy atom. The molecule has 3 atom stereocenters. The highest BCUT2D eigenvalue weighted by Gasteiger charge is 2.60. The van der Waals surface area contributed by atoms with Crippen molar-refractivity contribution < 1.29 is 65.6 Å². The van der Waals surface area contributed by atoms with Gasteiger partial charge >= 0.3 is 29.4 Å². The van der Waals surface area contributed by atoms with Crippen LogP contribution in [-0.4, -0.2) is 99.0 Å². The fourth-order valence-electron chi connectivity index (χ4n) is 6.51. The minimum Gasteiger partial charge on any atom is -0.493 e. The normalized spacial score (nSPS) is 20.7. The van der Waals surface area contributed by atoms with Crippen LogP contribution in [0, 0.1) is 5.41 Å². The number of phosphoric acid groups is 3. The lowest BCUT2D eigenvalue weighted by atomic mass is 9.90. The summed E-state index contributed by atoms with van der Waals surface area (Å²) in [6, 6.07) is 15.6. The first-order chi connectivity index (χ1) is 25.6. The number of hydrogen-bond acceptors (Lipinski definition) is 12. The molecule has 2 aromatic carbocycles. The summed E-state index contributed by atoms with van der Waals surface area (Å²) < 4.78 is 53.4. The zero-order valence-corrected chi connectivity index (χ0v) is 33.1. The van der Waals surface area contributed by atoms with Gasteiger partial charge in [0.05, 0.1) is 6.61 Å². The number of amides is 3. The van der Waals surface area contributed by atoms with Crippen molar-refractivity contribution in [2.45, 2.75) is 33.2 Å². The number of quaternary nitrogens is 1. The van der Waals surface area contributed by atoms with Crippen molar-refractivity contribution in [3.63, 3.8) is 0 Å². The van der Waals surface area contributed by atoms with E-state index < -0.39 is 45.3 Å². The maximum atomic E-state index is 13.9. The molecule has 1 aromatic heterocycles. The van der Waals surface area contributed by atoms with Crippen LogP contribution in [0.25, 0.3) is 0 Å². The molecule has 2 aliphatic rings. The Morgan fingerprint density at radius 3 is 2.31 bits per heavy atom. The number of carbonyl (C=O) groups is 3. The predicted octanol–water partition coefficient (Wildman–Crippen LogP) is 3.78. The van der Waals surface area contributed by atoms with Crippen LogP contribution in [0.15, 0.2) is 67.0 Å². The van der Waals surface area contributed by atoms with E-state index in [1.165, 1.54) is 39.1 Å². The van der Waals surface area contributed by atoms with E-state index in [0.717, 1.165) is 35.1 Å². The van der Waals surface area contributed by atoms with Crippen LogP contribution in [0.1, 0.15) is 41.8 Å². The predicted molar refractivity (Wildman–Crippen MR) is 197 cm³/mol. The number of anilines is 1. The molecule has 3 aromatic rings. The maximum Gasteiger partial charge on any atom is 0.528 e. The van der Waals surface area contributed by atoms with Gasteiger partial charge in [-0.2, -0.15) is 8.62 Å². The molecule has 3 heterocycles. The van der Waals surface area contributed by atoms with Gasteiger partial charge in [0.25, 0.3) is 5.91 Å². The van der Waals surface area contributed by atoms with E-state index in [2.05, 4.69) is 18.5 Å². The number of fused-ring (bicyclic) bond motifs is 2. The van der Waals surface area contributed by atoms with Gasteiger partial charge in [0.1, 0.15) is 18.5 Å². The summed E-state index contributed by atoms with van der Waals surface area (Å²) in [6.07, 6.45) is 4.75. The molecule has 0 bridgehead atoms. The second-order valence-electron chi connectivity index (χ2n) is 13.6. The van der Waals surface area contributed by atoms with Crippen molar-refractivity contribution in [1.82, 2.24) is 19.4 Å². The average Bonchev–Trinajstić information content (AvgIpc) is 3.13. The van der Waals surface area contributed by atoms with Crippen molar-refractivity contribution in [1.29, 1.82) is 0 Å². The highest BCUT2D eigenvalue weighted by Crippen LogP contribution is 2.67. The molecule has 0 aliphatic carbocycles. The quantitative estimate of drug-likeness (QED) is 0.0695. The van der Waals surface area contributed by atoms with Crippen molar-refractivity contribution in [3.8, 4) is 5.75 Å². The fraction of sp³-hybridized carbons (Fsp3) is 0.394. The molecule has 4 N–H and O–H groups in total. The Balaban J connectivity index is 1.30. The zero-order chi connectivity index (χ0) is 40.4. The van der Waals surface area contributed by atoms with Gasteiger partial charge in [-0.1, -0.05) is 27.5 Å². The molecule has 3 unspecified atom stereocenters. The van der Waals surface area contributed by atoms with Crippen molar-refractivity contribution in [3.05, 3.63) is 83.7 Å². The van der Waals surface area contributed by atoms with Crippen molar-refractivity contribution in [2.24, 2.45) is 5.41 Å². The van der Waals surface area contributed by atoms with E-state index in [1.807, 2.05) is 41.3 Å². The minimum absolute atomic E-state index is 0.00236. The lowest BCUT2D eigenvalue weighted by Gasteiger charge is -2.32. The third-order valence-corrected chi connectivity index (χ3v) is 13.0. The summed E-state index contributed by atoms with van der Waals surface area (Å²) in [5, 5.41) is 0.